The third kappa shape index (κ3) is 5.62. The van der Waals surface area contributed by atoms with Crippen LogP contribution in [0.1, 0.15) is 56.2 Å². The normalized spacial score (nSPS) is 11.5. The number of aromatic carboxylic acids is 1. The topological polar surface area (TPSA) is 136 Å². The van der Waals surface area contributed by atoms with Crippen LogP contribution in [0.15, 0.2) is 41.3 Å². The molecule has 0 radical (unpaired) electrons. The Labute approximate surface area is 230 Å². The summed E-state index contributed by atoms with van der Waals surface area (Å²) in [5.41, 5.74) is -1.17. The summed E-state index contributed by atoms with van der Waals surface area (Å²) >= 11 is 8.38. The van der Waals surface area contributed by atoms with Gasteiger partial charge in [-0.1, -0.05) is 32.4 Å². The first kappa shape index (κ1) is 27.4. The smallest absolute Gasteiger partial charge is 0.353 e. The predicted octanol–water partition coefficient (Wildman–Crippen LogP) is 5.07. The SMILES string of the molecule is Cc1cc(=O)n(CC(=O)c2ccns2)c(C(=O)O)c1-c1cc(NCc2ccc(Cl)s2)n(C(=O)C(C)(C)C)n1. The van der Waals surface area contributed by atoms with Crippen LogP contribution in [0, 0.1) is 12.3 Å². The van der Waals surface area contributed by atoms with E-state index in [-0.39, 0.29) is 17.2 Å². The minimum absolute atomic E-state index is 0.136. The number of carbonyl (C=O) groups excluding carboxylic acids is 2. The Bertz CT molecular complexity index is 1590. The Morgan fingerprint density at radius 3 is 2.47 bits per heavy atom. The monoisotopic (exact) mass is 573 g/mol. The van der Waals surface area contributed by atoms with Crippen molar-refractivity contribution < 1.29 is 19.5 Å². The molecule has 2 N–H and O–H groups in total. The van der Waals surface area contributed by atoms with E-state index in [1.165, 1.54) is 34.3 Å². The Kier molecular flexibility index (Phi) is 7.68. The zero-order valence-electron chi connectivity index (χ0n) is 20.9. The van der Waals surface area contributed by atoms with Crippen molar-refractivity contribution in [2.75, 3.05) is 5.32 Å². The van der Waals surface area contributed by atoms with Gasteiger partial charge in [0.15, 0.2) is 5.78 Å². The van der Waals surface area contributed by atoms with Crippen LogP contribution in [-0.4, -0.2) is 41.5 Å². The van der Waals surface area contributed by atoms with Gasteiger partial charge in [-0.25, -0.2) is 9.17 Å². The van der Waals surface area contributed by atoms with Gasteiger partial charge in [0.2, 0.25) is 0 Å². The second-order valence-corrected chi connectivity index (χ2v) is 12.2. The van der Waals surface area contributed by atoms with Gasteiger partial charge in [0.05, 0.1) is 28.0 Å². The van der Waals surface area contributed by atoms with Gasteiger partial charge in [0.1, 0.15) is 11.5 Å². The van der Waals surface area contributed by atoms with Crippen molar-refractivity contribution in [3.8, 4) is 11.3 Å². The Balaban J connectivity index is 1.85. The molecule has 0 fully saturated rings. The molecule has 0 spiro atoms. The van der Waals surface area contributed by atoms with Crippen molar-refractivity contribution in [2.24, 2.45) is 5.41 Å². The Hall–Kier alpha value is -3.61. The highest BCUT2D eigenvalue weighted by molar-refractivity contribution is 7.16. The van der Waals surface area contributed by atoms with Gasteiger partial charge in [-0.05, 0) is 42.2 Å². The minimum Gasteiger partial charge on any atom is -0.477 e. The number of Topliss-reactive ketones (excluding diaryl/α,β-unsaturated/α-hetero) is 1. The zero-order valence-corrected chi connectivity index (χ0v) is 23.3. The first-order chi connectivity index (χ1) is 17.9. The summed E-state index contributed by atoms with van der Waals surface area (Å²) in [5.74, 6) is -1.83. The molecular weight excluding hydrogens is 550 g/mol. The van der Waals surface area contributed by atoms with E-state index in [1.54, 1.807) is 39.8 Å². The number of carbonyl (C=O) groups is 3. The third-order valence-electron chi connectivity index (χ3n) is 5.60. The molecule has 4 aromatic rings. The van der Waals surface area contributed by atoms with Crippen LogP contribution in [0.2, 0.25) is 4.34 Å². The summed E-state index contributed by atoms with van der Waals surface area (Å²) in [6, 6.07) is 7.95. The van der Waals surface area contributed by atoms with Gasteiger partial charge < -0.3 is 10.4 Å². The number of thiophene rings is 1. The summed E-state index contributed by atoms with van der Waals surface area (Å²) in [7, 11) is 0. The van der Waals surface area contributed by atoms with Gasteiger partial charge in [-0.3, -0.25) is 19.0 Å². The quantitative estimate of drug-likeness (QED) is 0.279. The van der Waals surface area contributed by atoms with E-state index < -0.39 is 35.0 Å². The van der Waals surface area contributed by atoms with Crippen LogP contribution in [0.5, 0.6) is 0 Å². The molecule has 10 nitrogen and oxygen atoms in total. The number of rotatable bonds is 8. The molecule has 0 saturated carbocycles. The maximum atomic E-state index is 13.3. The van der Waals surface area contributed by atoms with E-state index in [2.05, 4.69) is 14.8 Å². The van der Waals surface area contributed by atoms with Crippen molar-refractivity contribution >= 4 is 57.9 Å². The fourth-order valence-electron chi connectivity index (χ4n) is 3.78. The van der Waals surface area contributed by atoms with Crippen LogP contribution in [0.25, 0.3) is 11.3 Å². The summed E-state index contributed by atoms with van der Waals surface area (Å²) in [4.78, 5) is 52.6. The second kappa shape index (κ2) is 10.6. The van der Waals surface area contributed by atoms with Crippen molar-refractivity contribution in [2.45, 2.75) is 40.8 Å². The molecule has 0 saturated heterocycles. The molecule has 198 valence electrons. The number of pyridine rings is 1. The summed E-state index contributed by atoms with van der Waals surface area (Å²) in [5, 5.41) is 17.8. The number of hydrogen-bond donors (Lipinski definition) is 2. The number of carboxylic acids is 1. The van der Waals surface area contributed by atoms with E-state index in [9.17, 15) is 24.3 Å². The predicted molar refractivity (Wildman–Crippen MR) is 147 cm³/mol. The van der Waals surface area contributed by atoms with Crippen molar-refractivity contribution in [1.82, 2.24) is 18.7 Å². The van der Waals surface area contributed by atoms with E-state index >= 15 is 0 Å². The molecule has 0 aromatic carbocycles. The number of aromatic nitrogens is 4. The largest absolute Gasteiger partial charge is 0.477 e. The first-order valence-corrected chi connectivity index (χ1v) is 13.4. The molecule has 0 aliphatic carbocycles. The highest BCUT2D eigenvalue weighted by atomic mass is 35.5. The number of anilines is 1. The molecule has 4 aromatic heterocycles. The molecule has 38 heavy (non-hydrogen) atoms. The van der Waals surface area contributed by atoms with E-state index in [1.807, 2.05) is 6.07 Å². The first-order valence-electron chi connectivity index (χ1n) is 11.4. The highest BCUT2D eigenvalue weighted by Gasteiger charge is 2.30. The summed E-state index contributed by atoms with van der Waals surface area (Å²) < 4.78 is 6.63. The summed E-state index contributed by atoms with van der Waals surface area (Å²) in [6.45, 7) is 6.70. The number of aryl methyl sites for hydroxylation is 1. The molecule has 0 bridgehead atoms. The Morgan fingerprint density at radius 1 is 1.16 bits per heavy atom. The molecule has 0 unspecified atom stereocenters. The van der Waals surface area contributed by atoms with Crippen molar-refractivity contribution in [1.29, 1.82) is 0 Å². The lowest BCUT2D eigenvalue weighted by atomic mass is 9.96. The number of nitrogens with one attached hydrogen (secondary N) is 1. The second-order valence-electron chi connectivity index (χ2n) is 9.52. The van der Waals surface area contributed by atoms with Gasteiger partial charge in [0.25, 0.3) is 11.5 Å². The Morgan fingerprint density at radius 2 is 1.89 bits per heavy atom. The van der Waals surface area contributed by atoms with Crippen LogP contribution < -0.4 is 10.9 Å². The fraction of sp³-hybridized carbons (Fsp3) is 0.280. The van der Waals surface area contributed by atoms with Crippen LogP contribution in [0.4, 0.5) is 5.82 Å². The average molecular weight is 574 g/mol. The molecular formula is C25H24ClN5O5S2. The zero-order chi connectivity index (χ0) is 27.8. The summed E-state index contributed by atoms with van der Waals surface area (Å²) in [6.07, 6.45) is 1.46. The number of nitrogens with zero attached hydrogens (tertiary/aromatic N) is 4. The average Bonchev–Trinajstić information content (AvgIpc) is 3.59. The maximum Gasteiger partial charge on any atom is 0.353 e. The molecule has 0 amide bonds. The molecule has 0 aliphatic rings. The van der Waals surface area contributed by atoms with Gasteiger partial charge in [-0.2, -0.15) is 9.78 Å². The number of halogens is 1. The lowest BCUT2D eigenvalue weighted by molar-refractivity contribution is 0.0683. The third-order valence-corrected chi connectivity index (χ3v) is 7.61. The van der Waals surface area contributed by atoms with E-state index in [0.29, 0.717) is 27.1 Å². The van der Waals surface area contributed by atoms with E-state index in [4.69, 9.17) is 11.6 Å². The van der Waals surface area contributed by atoms with Crippen LogP contribution >= 0.6 is 34.5 Å². The molecule has 4 rings (SSSR count). The van der Waals surface area contributed by atoms with Crippen molar-refractivity contribution in [3.63, 3.8) is 0 Å². The molecule has 0 atom stereocenters. The highest BCUT2D eigenvalue weighted by Crippen LogP contribution is 2.31. The molecule has 13 heteroatoms. The van der Waals surface area contributed by atoms with E-state index in [0.717, 1.165) is 21.0 Å². The number of ketones is 1. The molecule has 0 aliphatic heterocycles. The molecule has 4 heterocycles. The lowest BCUT2D eigenvalue weighted by Gasteiger charge is -2.18. The standard InChI is InChI=1S/C25H24ClN5O5S2/c1-13-9-20(33)30(12-16(32)17-7-8-28-38-17)22(23(34)35)21(13)15-10-19(27-11-14-5-6-18(26)37-14)31(29-15)24(36)25(2,3)4/h5-10,27H,11-12H2,1-4H3,(H,34,35). The van der Waals surface area contributed by atoms with Crippen LogP contribution in [-0.2, 0) is 13.1 Å². The lowest BCUT2D eigenvalue weighted by Crippen LogP contribution is -2.30. The number of hydrogen-bond acceptors (Lipinski definition) is 9. The van der Waals surface area contributed by atoms with Gasteiger partial charge in [0, 0.05) is 34.2 Å². The fourth-order valence-corrected chi connectivity index (χ4v) is 5.33. The van der Waals surface area contributed by atoms with Crippen molar-refractivity contribution in [3.05, 3.63) is 72.2 Å². The van der Waals surface area contributed by atoms with Gasteiger partial charge >= 0.3 is 5.97 Å². The van der Waals surface area contributed by atoms with Crippen LogP contribution in [0.3, 0.4) is 0 Å². The maximum absolute atomic E-state index is 13.3. The number of carboxylic acid groups (broad SMARTS) is 1. The minimum atomic E-state index is -1.41. The van der Waals surface area contributed by atoms with Gasteiger partial charge in [-0.15, -0.1) is 11.3 Å².